The van der Waals surface area contributed by atoms with Crippen LogP contribution in [-0.4, -0.2) is 67.7 Å². The van der Waals surface area contributed by atoms with Crippen molar-refractivity contribution in [2.45, 2.75) is 213 Å². The van der Waals surface area contributed by atoms with Gasteiger partial charge in [0.15, 0.2) is 18.5 Å². The summed E-state index contributed by atoms with van der Waals surface area (Å²) in [6.45, 7) is 9.77. The molecule has 1 aliphatic heterocycles. The van der Waals surface area contributed by atoms with E-state index in [-0.39, 0.29) is 12.5 Å². The average Bonchev–Trinajstić information content (AvgIpc) is 3.05. The predicted molar refractivity (Wildman–Crippen MR) is 196 cm³/mol. The third kappa shape index (κ3) is 22.6. The number of rotatable bonds is 30. The summed E-state index contributed by atoms with van der Waals surface area (Å²) in [6.07, 6.45) is 23.4. The lowest BCUT2D eigenvalue weighted by molar-refractivity contribution is -0.280. The third-order valence-electron chi connectivity index (χ3n) is 9.50. The zero-order valence-electron chi connectivity index (χ0n) is 32.6. The Labute approximate surface area is 304 Å². The first-order valence-corrected chi connectivity index (χ1v) is 20.1. The molecule has 0 aromatic heterocycles. The van der Waals surface area contributed by atoms with Crippen molar-refractivity contribution in [3.05, 3.63) is 0 Å². The van der Waals surface area contributed by atoms with E-state index in [1.165, 1.54) is 143 Å². The SMILES string of the molecule is CCCCCCCCCCCCC(CCCCCCCCCCCC)CO[C@@H]1O[C@H](COC(C)=O)[C@H](OC(C)=O)[C@H](OC(C)=O)[C@H]1NC(C)=O. The minimum atomic E-state index is -1.12. The average molecular weight is 712 g/mol. The maximum Gasteiger partial charge on any atom is 0.303 e. The quantitative estimate of drug-likeness (QED) is 0.0442. The molecule has 0 unspecified atom stereocenters. The van der Waals surface area contributed by atoms with Crippen LogP contribution in [0.3, 0.4) is 0 Å². The second-order valence-electron chi connectivity index (χ2n) is 14.4. The fraction of sp³-hybridized carbons (Fsp3) is 0.900. The van der Waals surface area contributed by atoms with Gasteiger partial charge in [-0.2, -0.15) is 0 Å². The van der Waals surface area contributed by atoms with Crippen molar-refractivity contribution in [1.82, 2.24) is 5.32 Å². The summed E-state index contributed by atoms with van der Waals surface area (Å²) in [5.74, 6) is -1.86. The number of unbranched alkanes of at least 4 members (excludes halogenated alkanes) is 18. The molecule has 1 aliphatic rings. The number of hydrogen-bond donors (Lipinski definition) is 1. The summed E-state index contributed by atoms with van der Waals surface area (Å²) in [6, 6.07) is -0.940. The molecule has 50 heavy (non-hydrogen) atoms. The van der Waals surface area contributed by atoms with Crippen molar-refractivity contribution < 1.29 is 42.9 Å². The van der Waals surface area contributed by atoms with Gasteiger partial charge in [0.25, 0.3) is 0 Å². The second-order valence-corrected chi connectivity index (χ2v) is 14.4. The Morgan fingerprint density at radius 3 is 1.40 bits per heavy atom. The molecule has 0 aromatic rings. The molecule has 0 bridgehead atoms. The molecule has 0 saturated carbocycles. The zero-order valence-corrected chi connectivity index (χ0v) is 32.6. The molecular weight excluding hydrogens is 638 g/mol. The van der Waals surface area contributed by atoms with Crippen LogP contribution in [0, 0.1) is 5.92 Å². The van der Waals surface area contributed by atoms with Crippen molar-refractivity contribution in [2.75, 3.05) is 13.2 Å². The second kappa shape index (κ2) is 29.4. The molecule has 10 nitrogen and oxygen atoms in total. The van der Waals surface area contributed by atoms with Crippen LogP contribution in [0.15, 0.2) is 0 Å². The Hall–Kier alpha value is -2.20. The van der Waals surface area contributed by atoms with E-state index in [1.54, 1.807) is 0 Å². The van der Waals surface area contributed by atoms with Gasteiger partial charge in [-0.3, -0.25) is 19.2 Å². The number of nitrogens with one attached hydrogen (secondary N) is 1. The standard InChI is InChI=1S/C40H73NO9/c1-7-9-11-13-15-17-19-21-23-25-27-35(28-26-24-22-20-18-16-14-12-10-8-2)29-47-40-37(41-31(3)42)39(49-34(6)45)38(48-33(5)44)36(50-40)30-46-32(4)43/h35-40H,7-30H2,1-6H3,(H,41,42)/t36-,37-,38+,39-,40-/m1/s1. The highest BCUT2D eigenvalue weighted by Crippen LogP contribution is 2.29. The molecule has 10 heteroatoms. The predicted octanol–water partition coefficient (Wildman–Crippen LogP) is 8.90. The summed E-state index contributed by atoms with van der Waals surface area (Å²) in [5.41, 5.74) is 0. The Balaban J connectivity index is 2.92. The maximum absolute atomic E-state index is 12.3. The van der Waals surface area contributed by atoms with Gasteiger partial charge in [-0.25, -0.2) is 0 Å². The molecule has 1 saturated heterocycles. The van der Waals surface area contributed by atoms with Crippen molar-refractivity contribution in [3.63, 3.8) is 0 Å². The minimum Gasteiger partial charge on any atom is -0.463 e. The Bertz CT molecular complexity index is 889. The Morgan fingerprint density at radius 2 is 1.00 bits per heavy atom. The van der Waals surface area contributed by atoms with Crippen LogP contribution < -0.4 is 5.32 Å². The lowest BCUT2D eigenvalue weighted by Crippen LogP contribution is -2.66. The van der Waals surface area contributed by atoms with Crippen LogP contribution in [0.2, 0.25) is 0 Å². The van der Waals surface area contributed by atoms with Crippen molar-refractivity contribution in [3.8, 4) is 0 Å². The molecule has 292 valence electrons. The van der Waals surface area contributed by atoms with E-state index in [2.05, 4.69) is 19.2 Å². The van der Waals surface area contributed by atoms with Gasteiger partial charge in [0.05, 0.1) is 6.61 Å². The maximum atomic E-state index is 12.3. The summed E-state index contributed by atoms with van der Waals surface area (Å²) in [4.78, 5) is 48.3. The fourth-order valence-electron chi connectivity index (χ4n) is 6.82. The van der Waals surface area contributed by atoms with Gasteiger partial charge in [-0.05, 0) is 18.8 Å². The highest BCUT2D eigenvalue weighted by atomic mass is 16.7. The van der Waals surface area contributed by atoms with E-state index in [4.69, 9.17) is 23.7 Å². The third-order valence-corrected chi connectivity index (χ3v) is 9.50. The largest absolute Gasteiger partial charge is 0.463 e. The van der Waals surface area contributed by atoms with Gasteiger partial charge < -0.3 is 29.0 Å². The van der Waals surface area contributed by atoms with Crippen molar-refractivity contribution in [2.24, 2.45) is 5.92 Å². The smallest absolute Gasteiger partial charge is 0.303 e. The Morgan fingerprint density at radius 1 is 0.580 bits per heavy atom. The molecular formula is C40H73NO9. The number of ether oxygens (including phenoxy) is 5. The van der Waals surface area contributed by atoms with Crippen LogP contribution in [0.4, 0.5) is 0 Å². The lowest BCUT2D eigenvalue weighted by Gasteiger charge is -2.45. The van der Waals surface area contributed by atoms with E-state index < -0.39 is 48.6 Å². The molecule has 1 rings (SSSR count). The molecule has 5 atom stereocenters. The first kappa shape index (κ1) is 45.8. The van der Waals surface area contributed by atoms with Gasteiger partial charge in [0, 0.05) is 27.7 Å². The first-order chi connectivity index (χ1) is 24.1. The van der Waals surface area contributed by atoms with Crippen LogP contribution in [0.25, 0.3) is 0 Å². The molecule has 0 aliphatic carbocycles. The minimum absolute atomic E-state index is 0.238. The van der Waals surface area contributed by atoms with Crippen LogP contribution in [-0.2, 0) is 42.9 Å². The number of hydrogen-bond acceptors (Lipinski definition) is 9. The zero-order chi connectivity index (χ0) is 37.0. The number of carbonyl (C=O) groups is 4. The van der Waals surface area contributed by atoms with Gasteiger partial charge in [0.1, 0.15) is 18.8 Å². The first-order valence-electron chi connectivity index (χ1n) is 20.1. The monoisotopic (exact) mass is 712 g/mol. The topological polar surface area (TPSA) is 126 Å². The Kier molecular flexibility index (Phi) is 26.9. The van der Waals surface area contributed by atoms with Crippen LogP contribution >= 0.6 is 0 Å². The highest BCUT2D eigenvalue weighted by molar-refractivity contribution is 5.73. The van der Waals surface area contributed by atoms with Crippen molar-refractivity contribution in [1.29, 1.82) is 0 Å². The fourth-order valence-corrected chi connectivity index (χ4v) is 6.82. The van der Waals surface area contributed by atoms with Crippen molar-refractivity contribution >= 4 is 23.8 Å². The molecule has 1 fully saturated rings. The van der Waals surface area contributed by atoms with E-state index in [9.17, 15) is 19.2 Å². The van der Waals surface area contributed by atoms with E-state index >= 15 is 0 Å². The molecule has 0 radical (unpaired) electrons. The van der Waals surface area contributed by atoms with Crippen LogP contribution in [0.1, 0.15) is 183 Å². The number of carbonyl (C=O) groups excluding carboxylic acids is 4. The molecule has 0 aromatic carbocycles. The lowest BCUT2D eigenvalue weighted by atomic mass is 9.94. The van der Waals surface area contributed by atoms with Gasteiger partial charge in [-0.15, -0.1) is 0 Å². The summed E-state index contributed by atoms with van der Waals surface area (Å²) in [7, 11) is 0. The molecule has 1 amide bonds. The molecule has 1 N–H and O–H groups in total. The van der Waals surface area contributed by atoms with Gasteiger partial charge in [-0.1, -0.05) is 142 Å². The number of amides is 1. The summed E-state index contributed by atoms with van der Waals surface area (Å²) < 4.78 is 29.1. The normalized spacial score (nSPS) is 20.4. The van der Waals surface area contributed by atoms with E-state index in [0.717, 1.165) is 25.7 Å². The molecule has 0 spiro atoms. The van der Waals surface area contributed by atoms with Gasteiger partial charge in [0.2, 0.25) is 5.91 Å². The number of esters is 3. The van der Waals surface area contributed by atoms with Crippen LogP contribution in [0.5, 0.6) is 0 Å². The van der Waals surface area contributed by atoms with E-state index in [1.807, 2.05) is 0 Å². The molecule has 1 heterocycles. The summed E-state index contributed by atoms with van der Waals surface area (Å²) in [5, 5.41) is 2.81. The van der Waals surface area contributed by atoms with E-state index in [0.29, 0.717) is 12.5 Å². The highest BCUT2D eigenvalue weighted by Gasteiger charge is 2.51. The summed E-state index contributed by atoms with van der Waals surface area (Å²) >= 11 is 0. The van der Waals surface area contributed by atoms with Gasteiger partial charge >= 0.3 is 17.9 Å².